The van der Waals surface area contributed by atoms with E-state index in [0.717, 1.165) is 24.7 Å². The van der Waals surface area contributed by atoms with Gasteiger partial charge in [0.15, 0.2) is 0 Å². The van der Waals surface area contributed by atoms with Crippen LogP contribution in [0.3, 0.4) is 0 Å². The zero-order chi connectivity index (χ0) is 6.85. The van der Waals surface area contributed by atoms with Gasteiger partial charge in [0.2, 0.25) is 6.29 Å². The van der Waals surface area contributed by atoms with Crippen LogP contribution in [0.25, 0.3) is 0 Å². The molecule has 0 saturated heterocycles. The second-order valence-corrected chi connectivity index (χ2v) is 3.24. The third kappa shape index (κ3) is 1.32. The Morgan fingerprint density at radius 2 is 1.67 bits per heavy atom. The van der Waals surface area contributed by atoms with Gasteiger partial charge in [-0.15, -0.1) is 0 Å². The molecule has 2 unspecified atom stereocenters. The Morgan fingerprint density at radius 3 is 1.89 bits per heavy atom. The molecule has 0 aromatic heterocycles. The van der Waals surface area contributed by atoms with Gasteiger partial charge < -0.3 is 0 Å². The normalized spacial score (nSPS) is 43.1. The summed E-state index contributed by atoms with van der Waals surface area (Å²) in [6.07, 6.45) is 4.20. The van der Waals surface area contributed by atoms with Crippen molar-refractivity contribution in [2.24, 2.45) is 17.8 Å². The van der Waals surface area contributed by atoms with Crippen molar-refractivity contribution in [3.05, 3.63) is 0 Å². The zero-order valence-corrected chi connectivity index (χ0v) is 6.05. The van der Waals surface area contributed by atoms with Gasteiger partial charge in [0.1, 0.15) is 0 Å². The van der Waals surface area contributed by atoms with E-state index < -0.39 is 0 Å². The molecule has 1 radical (unpaired) electrons. The van der Waals surface area contributed by atoms with Gasteiger partial charge in [-0.2, -0.15) is 0 Å². The molecule has 0 heterocycles. The Bertz CT molecular complexity index is 99.1. The topological polar surface area (TPSA) is 17.1 Å². The summed E-state index contributed by atoms with van der Waals surface area (Å²) >= 11 is 0. The fourth-order valence-electron chi connectivity index (χ4n) is 1.55. The summed E-state index contributed by atoms with van der Waals surface area (Å²) < 4.78 is 0. The van der Waals surface area contributed by atoms with Gasteiger partial charge in [0.05, 0.1) is 0 Å². The Labute approximate surface area is 56.4 Å². The number of rotatable bonds is 1. The van der Waals surface area contributed by atoms with Gasteiger partial charge in [0, 0.05) is 5.92 Å². The highest BCUT2D eigenvalue weighted by atomic mass is 16.1. The third-order valence-electron chi connectivity index (χ3n) is 2.45. The molecule has 1 saturated carbocycles. The molecule has 1 rings (SSSR count). The quantitative estimate of drug-likeness (QED) is 0.522. The zero-order valence-electron chi connectivity index (χ0n) is 6.05. The highest BCUT2D eigenvalue weighted by Crippen LogP contribution is 2.34. The lowest BCUT2D eigenvalue weighted by molar-refractivity contribution is 0.457. The maximum Gasteiger partial charge on any atom is 0.201 e. The largest absolute Gasteiger partial charge is 0.291 e. The van der Waals surface area contributed by atoms with E-state index in [4.69, 9.17) is 0 Å². The van der Waals surface area contributed by atoms with Crippen molar-refractivity contribution in [3.63, 3.8) is 0 Å². The molecule has 1 heteroatoms. The van der Waals surface area contributed by atoms with Gasteiger partial charge in [-0.25, -0.2) is 0 Å². The molecule has 0 amide bonds. The molecule has 51 valence electrons. The molecule has 0 N–H and O–H groups in total. The first-order valence-corrected chi connectivity index (χ1v) is 3.61. The van der Waals surface area contributed by atoms with E-state index >= 15 is 0 Å². The van der Waals surface area contributed by atoms with Crippen LogP contribution in [0.4, 0.5) is 0 Å². The molecule has 0 spiro atoms. The first-order valence-electron chi connectivity index (χ1n) is 3.61. The van der Waals surface area contributed by atoms with Crippen molar-refractivity contribution in [1.82, 2.24) is 0 Å². The van der Waals surface area contributed by atoms with Crippen molar-refractivity contribution in [2.45, 2.75) is 26.7 Å². The van der Waals surface area contributed by atoms with Crippen LogP contribution in [0.5, 0.6) is 0 Å². The van der Waals surface area contributed by atoms with Crippen molar-refractivity contribution >= 4 is 6.29 Å². The van der Waals surface area contributed by atoms with Crippen molar-refractivity contribution in [1.29, 1.82) is 0 Å². The molecular formula is C8H13O. The SMILES string of the molecule is CC1CC([C]=O)CC1C. The summed E-state index contributed by atoms with van der Waals surface area (Å²) in [7, 11) is 0. The Morgan fingerprint density at radius 1 is 1.22 bits per heavy atom. The van der Waals surface area contributed by atoms with E-state index in [2.05, 4.69) is 20.1 Å². The summed E-state index contributed by atoms with van der Waals surface area (Å²) in [5, 5.41) is 0. The lowest BCUT2D eigenvalue weighted by Crippen LogP contribution is -1.95. The Kier molecular flexibility index (Phi) is 1.89. The van der Waals surface area contributed by atoms with E-state index in [-0.39, 0.29) is 5.92 Å². The van der Waals surface area contributed by atoms with E-state index in [0.29, 0.717) is 0 Å². The Balaban J connectivity index is 2.43. The second-order valence-electron chi connectivity index (χ2n) is 3.24. The number of carbonyl (C=O) groups excluding carboxylic acids is 1. The summed E-state index contributed by atoms with van der Waals surface area (Å²) in [6.45, 7) is 4.42. The molecule has 2 atom stereocenters. The fourth-order valence-corrected chi connectivity index (χ4v) is 1.55. The molecule has 0 bridgehead atoms. The highest BCUT2D eigenvalue weighted by Gasteiger charge is 2.27. The van der Waals surface area contributed by atoms with Crippen LogP contribution >= 0.6 is 0 Å². The van der Waals surface area contributed by atoms with Crippen LogP contribution in [0.15, 0.2) is 0 Å². The van der Waals surface area contributed by atoms with Crippen LogP contribution < -0.4 is 0 Å². The molecule has 1 nitrogen and oxygen atoms in total. The van der Waals surface area contributed by atoms with E-state index in [9.17, 15) is 4.79 Å². The predicted molar refractivity (Wildman–Crippen MR) is 36.7 cm³/mol. The molecular weight excluding hydrogens is 112 g/mol. The molecule has 1 fully saturated rings. The minimum Gasteiger partial charge on any atom is -0.291 e. The van der Waals surface area contributed by atoms with Gasteiger partial charge in [0.25, 0.3) is 0 Å². The van der Waals surface area contributed by atoms with Crippen LogP contribution in [0.1, 0.15) is 26.7 Å². The Hall–Kier alpha value is -0.330. The fraction of sp³-hybridized carbons (Fsp3) is 0.875. The van der Waals surface area contributed by atoms with E-state index in [1.54, 1.807) is 0 Å². The number of hydrogen-bond acceptors (Lipinski definition) is 1. The standard InChI is InChI=1S/C8H13O/c1-6-3-8(5-9)4-7(6)2/h6-8H,3-4H2,1-2H3. The summed E-state index contributed by atoms with van der Waals surface area (Å²) in [4.78, 5) is 10.2. The molecule has 9 heavy (non-hydrogen) atoms. The molecule has 0 aromatic rings. The predicted octanol–water partition coefficient (Wildman–Crippen LogP) is 1.78. The van der Waals surface area contributed by atoms with E-state index in [1.165, 1.54) is 0 Å². The van der Waals surface area contributed by atoms with Gasteiger partial charge in [-0.3, -0.25) is 4.79 Å². The molecule has 1 aliphatic rings. The van der Waals surface area contributed by atoms with Crippen LogP contribution in [-0.4, -0.2) is 6.29 Å². The van der Waals surface area contributed by atoms with Crippen molar-refractivity contribution in [3.8, 4) is 0 Å². The van der Waals surface area contributed by atoms with Crippen molar-refractivity contribution in [2.75, 3.05) is 0 Å². The highest BCUT2D eigenvalue weighted by molar-refractivity contribution is 5.55. The van der Waals surface area contributed by atoms with Crippen LogP contribution in [-0.2, 0) is 4.79 Å². The maximum absolute atomic E-state index is 10.2. The van der Waals surface area contributed by atoms with E-state index in [1.807, 2.05) is 0 Å². The summed E-state index contributed by atoms with van der Waals surface area (Å²) in [6, 6.07) is 0. The number of hydrogen-bond donors (Lipinski definition) is 0. The average molecular weight is 125 g/mol. The van der Waals surface area contributed by atoms with Crippen LogP contribution in [0, 0.1) is 17.8 Å². The lowest BCUT2D eigenvalue weighted by Gasteiger charge is -2.04. The molecule has 1 aliphatic carbocycles. The first kappa shape index (κ1) is 6.79. The third-order valence-corrected chi connectivity index (χ3v) is 2.45. The maximum atomic E-state index is 10.2. The monoisotopic (exact) mass is 125 g/mol. The minimum atomic E-state index is 0.245. The lowest BCUT2D eigenvalue weighted by atomic mass is 10.0. The van der Waals surface area contributed by atoms with Crippen molar-refractivity contribution < 1.29 is 4.79 Å². The molecule has 0 aliphatic heterocycles. The second kappa shape index (κ2) is 2.51. The summed E-state index contributed by atoms with van der Waals surface area (Å²) in [5.74, 6) is 1.71. The average Bonchev–Trinajstić information content (AvgIpc) is 2.13. The van der Waals surface area contributed by atoms with Gasteiger partial charge in [-0.05, 0) is 24.7 Å². The summed E-state index contributed by atoms with van der Waals surface area (Å²) in [5.41, 5.74) is 0. The smallest absolute Gasteiger partial charge is 0.201 e. The molecule has 0 aromatic carbocycles. The minimum absolute atomic E-state index is 0.245. The van der Waals surface area contributed by atoms with Crippen LogP contribution in [0.2, 0.25) is 0 Å². The first-order chi connectivity index (χ1) is 4.24. The van der Waals surface area contributed by atoms with Gasteiger partial charge >= 0.3 is 0 Å². The van der Waals surface area contributed by atoms with Gasteiger partial charge in [-0.1, -0.05) is 13.8 Å².